The Kier molecular flexibility index (Phi) is 4.54. The molecule has 124 valence electrons. The second-order valence-corrected chi connectivity index (χ2v) is 8.60. The molecule has 2 aliphatic heterocycles. The SMILES string of the molecule is CN(C)S(=O)(=O)N1Cc2ccnn2CC(CN2CCCC2)C1. The molecule has 22 heavy (non-hydrogen) atoms. The summed E-state index contributed by atoms with van der Waals surface area (Å²) in [7, 11) is -0.223. The first kappa shape index (κ1) is 15.9. The Labute approximate surface area is 132 Å². The molecule has 0 aliphatic carbocycles. The molecule has 1 aromatic heterocycles. The van der Waals surface area contributed by atoms with Crippen LogP contribution in [0.4, 0.5) is 0 Å². The van der Waals surface area contributed by atoms with E-state index in [9.17, 15) is 8.42 Å². The smallest absolute Gasteiger partial charge is 0.281 e. The molecule has 2 aliphatic rings. The topological polar surface area (TPSA) is 61.7 Å². The van der Waals surface area contributed by atoms with E-state index in [1.54, 1.807) is 24.6 Å². The van der Waals surface area contributed by atoms with Gasteiger partial charge in [-0.2, -0.15) is 22.1 Å². The van der Waals surface area contributed by atoms with Crippen molar-refractivity contribution in [3.05, 3.63) is 18.0 Å². The van der Waals surface area contributed by atoms with Crippen molar-refractivity contribution < 1.29 is 8.42 Å². The van der Waals surface area contributed by atoms with Crippen molar-refractivity contribution in [3.63, 3.8) is 0 Å². The third-order valence-corrected chi connectivity index (χ3v) is 6.39. The second-order valence-electron chi connectivity index (χ2n) is 6.46. The lowest BCUT2D eigenvalue weighted by Gasteiger charge is -2.28. The molecule has 3 rings (SSSR count). The highest BCUT2D eigenvalue weighted by molar-refractivity contribution is 7.86. The first-order chi connectivity index (χ1) is 10.5. The first-order valence-electron chi connectivity index (χ1n) is 7.87. The Morgan fingerprint density at radius 1 is 1.27 bits per heavy atom. The molecule has 1 aromatic rings. The van der Waals surface area contributed by atoms with Gasteiger partial charge in [-0.05, 0) is 32.0 Å². The summed E-state index contributed by atoms with van der Waals surface area (Å²) < 4.78 is 30.0. The standard InChI is InChI=1S/C14H25N5O2S/c1-16(2)22(20,21)18-10-13(9-17-7-3-4-8-17)11-19-14(12-18)5-6-15-19/h5-6,13H,3-4,7-12H2,1-2H3. The Balaban J connectivity index is 1.82. The quantitative estimate of drug-likeness (QED) is 0.793. The lowest BCUT2D eigenvalue weighted by Crippen LogP contribution is -2.43. The van der Waals surface area contributed by atoms with Gasteiger partial charge in [0.05, 0.1) is 12.2 Å². The van der Waals surface area contributed by atoms with Gasteiger partial charge in [-0.25, -0.2) is 0 Å². The highest BCUT2D eigenvalue weighted by atomic mass is 32.2. The molecule has 0 radical (unpaired) electrons. The maximum atomic E-state index is 12.6. The van der Waals surface area contributed by atoms with Gasteiger partial charge in [0, 0.05) is 45.8 Å². The largest absolute Gasteiger partial charge is 0.303 e. The van der Waals surface area contributed by atoms with E-state index in [0.717, 1.165) is 31.9 Å². The maximum Gasteiger partial charge on any atom is 0.281 e. The molecule has 0 bridgehead atoms. The van der Waals surface area contributed by atoms with Crippen LogP contribution in [0.2, 0.25) is 0 Å². The van der Waals surface area contributed by atoms with E-state index in [1.807, 2.05) is 10.7 Å². The summed E-state index contributed by atoms with van der Waals surface area (Å²) in [6.07, 6.45) is 4.26. The van der Waals surface area contributed by atoms with Gasteiger partial charge in [0.1, 0.15) is 0 Å². The van der Waals surface area contributed by atoms with Crippen LogP contribution < -0.4 is 0 Å². The maximum absolute atomic E-state index is 12.6. The van der Waals surface area contributed by atoms with E-state index in [0.29, 0.717) is 13.1 Å². The molecule has 0 N–H and O–H groups in total. The molecule has 0 spiro atoms. The predicted octanol–water partition coefficient (Wildman–Crippen LogP) is 0.217. The number of likely N-dealkylation sites (tertiary alicyclic amines) is 1. The molecule has 3 heterocycles. The van der Waals surface area contributed by atoms with Gasteiger partial charge in [0.2, 0.25) is 0 Å². The minimum absolute atomic E-state index is 0.272. The predicted molar refractivity (Wildman–Crippen MR) is 84.4 cm³/mol. The summed E-state index contributed by atoms with van der Waals surface area (Å²) in [5.41, 5.74) is 0.967. The number of hydrogen-bond acceptors (Lipinski definition) is 4. The van der Waals surface area contributed by atoms with Gasteiger partial charge >= 0.3 is 0 Å². The highest BCUT2D eigenvalue weighted by Gasteiger charge is 2.32. The van der Waals surface area contributed by atoms with Crippen molar-refractivity contribution in [2.75, 3.05) is 40.3 Å². The molecular formula is C14H25N5O2S. The average Bonchev–Trinajstić information content (AvgIpc) is 3.07. The minimum atomic E-state index is -3.40. The Morgan fingerprint density at radius 2 is 2.00 bits per heavy atom. The van der Waals surface area contributed by atoms with Gasteiger partial charge < -0.3 is 4.90 Å². The lowest BCUT2D eigenvalue weighted by molar-refractivity contribution is 0.230. The van der Waals surface area contributed by atoms with Crippen LogP contribution in [-0.2, 0) is 23.3 Å². The van der Waals surface area contributed by atoms with Crippen molar-refractivity contribution in [1.82, 2.24) is 23.3 Å². The zero-order valence-corrected chi connectivity index (χ0v) is 14.2. The Bertz CT molecular complexity index is 607. The zero-order valence-electron chi connectivity index (χ0n) is 13.3. The summed E-state index contributed by atoms with van der Waals surface area (Å²) in [4.78, 5) is 2.44. The number of fused-ring (bicyclic) bond motifs is 1. The molecule has 0 saturated carbocycles. The van der Waals surface area contributed by atoms with E-state index >= 15 is 0 Å². The minimum Gasteiger partial charge on any atom is -0.303 e. The van der Waals surface area contributed by atoms with E-state index in [1.165, 1.54) is 17.1 Å². The van der Waals surface area contributed by atoms with Crippen LogP contribution in [-0.4, -0.2) is 72.0 Å². The van der Waals surface area contributed by atoms with Crippen LogP contribution in [0, 0.1) is 5.92 Å². The summed E-state index contributed by atoms with van der Waals surface area (Å²) in [6, 6.07) is 1.91. The van der Waals surface area contributed by atoms with Crippen molar-refractivity contribution in [1.29, 1.82) is 0 Å². The third-order valence-electron chi connectivity index (χ3n) is 4.54. The van der Waals surface area contributed by atoms with Crippen molar-refractivity contribution in [2.45, 2.75) is 25.9 Å². The zero-order chi connectivity index (χ0) is 15.7. The molecule has 1 saturated heterocycles. The molecule has 0 aromatic carbocycles. The summed E-state index contributed by atoms with van der Waals surface area (Å²) >= 11 is 0. The molecule has 7 nitrogen and oxygen atoms in total. The van der Waals surface area contributed by atoms with Gasteiger partial charge in [0.25, 0.3) is 10.2 Å². The number of hydrogen-bond donors (Lipinski definition) is 0. The molecular weight excluding hydrogens is 302 g/mol. The number of nitrogens with zero attached hydrogens (tertiary/aromatic N) is 5. The highest BCUT2D eigenvalue weighted by Crippen LogP contribution is 2.21. The van der Waals surface area contributed by atoms with Crippen LogP contribution in [0.3, 0.4) is 0 Å². The molecule has 0 amide bonds. The Morgan fingerprint density at radius 3 is 2.68 bits per heavy atom. The second kappa shape index (κ2) is 6.27. The van der Waals surface area contributed by atoms with Gasteiger partial charge in [-0.1, -0.05) is 0 Å². The van der Waals surface area contributed by atoms with E-state index in [2.05, 4.69) is 10.00 Å². The van der Waals surface area contributed by atoms with Crippen molar-refractivity contribution in [2.24, 2.45) is 5.92 Å². The van der Waals surface area contributed by atoms with E-state index < -0.39 is 10.2 Å². The van der Waals surface area contributed by atoms with Crippen LogP contribution in [0.25, 0.3) is 0 Å². The van der Waals surface area contributed by atoms with Crippen LogP contribution in [0.5, 0.6) is 0 Å². The lowest BCUT2D eigenvalue weighted by atomic mass is 10.1. The van der Waals surface area contributed by atoms with Crippen molar-refractivity contribution in [3.8, 4) is 0 Å². The fraction of sp³-hybridized carbons (Fsp3) is 0.786. The van der Waals surface area contributed by atoms with Gasteiger partial charge in [0.15, 0.2) is 0 Å². The molecule has 8 heteroatoms. The van der Waals surface area contributed by atoms with Crippen LogP contribution >= 0.6 is 0 Å². The van der Waals surface area contributed by atoms with E-state index in [4.69, 9.17) is 0 Å². The molecule has 1 unspecified atom stereocenters. The van der Waals surface area contributed by atoms with Gasteiger partial charge in [-0.15, -0.1) is 0 Å². The Hall–Kier alpha value is -0.960. The number of aromatic nitrogens is 2. The monoisotopic (exact) mass is 327 g/mol. The van der Waals surface area contributed by atoms with Crippen LogP contribution in [0.1, 0.15) is 18.5 Å². The summed E-state index contributed by atoms with van der Waals surface area (Å²) in [5, 5.41) is 4.37. The number of rotatable bonds is 4. The van der Waals surface area contributed by atoms with Crippen molar-refractivity contribution >= 4 is 10.2 Å². The van der Waals surface area contributed by atoms with Gasteiger partial charge in [-0.3, -0.25) is 4.68 Å². The molecule has 1 fully saturated rings. The fourth-order valence-corrected chi connectivity index (χ4v) is 4.50. The average molecular weight is 327 g/mol. The van der Waals surface area contributed by atoms with E-state index in [-0.39, 0.29) is 5.92 Å². The molecule has 1 atom stereocenters. The fourth-order valence-electron chi connectivity index (χ4n) is 3.35. The van der Waals surface area contributed by atoms with Crippen LogP contribution in [0.15, 0.2) is 12.3 Å². The first-order valence-corrected chi connectivity index (χ1v) is 9.27. The normalized spacial score (nSPS) is 24.6. The summed E-state index contributed by atoms with van der Waals surface area (Å²) in [6.45, 7) is 4.94. The third kappa shape index (κ3) is 3.19. The summed E-state index contributed by atoms with van der Waals surface area (Å²) in [5.74, 6) is 0.272.